The first kappa shape index (κ1) is 18.8. The molecule has 0 aliphatic rings. The van der Waals surface area contributed by atoms with E-state index >= 15 is 0 Å². The molecule has 1 heterocycles. The molecule has 0 atom stereocenters. The van der Waals surface area contributed by atoms with Gasteiger partial charge in [-0.15, -0.1) is 0 Å². The summed E-state index contributed by atoms with van der Waals surface area (Å²) in [6.07, 6.45) is 1.24. The number of esters is 1. The molecular formula is C23H15ClO5. The summed E-state index contributed by atoms with van der Waals surface area (Å²) >= 11 is 5.90. The summed E-state index contributed by atoms with van der Waals surface area (Å²) in [4.78, 5) is 24.9. The zero-order valence-corrected chi connectivity index (χ0v) is 16.1. The molecule has 4 rings (SSSR count). The molecule has 0 spiro atoms. The van der Waals surface area contributed by atoms with Crippen LogP contribution < -0.4 is 14.9 Å². The van der Waals surface area contributed by atoms with Crippen LogP contribution >= 0.6 is 11.6 Å². The third-order valence-electron chi connectivity index (χ3n) is 4.23. The number of fused-ring (bicyclic) bond motifs is 1. The van der Waals surface area contributed by atoms with Gasteiger partial charge in [0.05, 0.1) is 10.9 Å². The van der Waals surface area contributed by atoms with Gasteiger partial charge in [0, 0.05) is 11.1 Å². The average molecular weight is 407 g/mol. The average Bonchev–Trinajstić information content (AvgIpc) is 2.72. The summed E-state index contributed by atoms with van der Waals surface area (Å²) < 4.78 is 16.5. The van der Waals surface area contributed by atoms with Gasteiger partial charge in [0.15, 0.2) is 0 Å². The van der Waals surface area contributed by atoms with Crippen LogP contribution in [0.3, 0.4) is 0 Å². The highest BCUT2D eigenvalue weighted by molar-refractivity contribution is 6.30. The van der Waals surface area contributed by atoms with Crippen molar-refractivity contribution in [1.29, 1.82) is 0 Å². The van der Waals surface area contributed by atoms with E-state index in [1.165, 1.54) is 30.5 Å². The number of halogens is 1. The topological polar surface area (TPSA) is 65.7 Å². The summed E-state index contributed by atoms with van der Waals surface area (Å²) in [5.41, 5.74) is 1.37. The molecule has 0 aliphatic heterocycles. The molecule has 29 heavy (non-hydrogen) atoms. The fourth-order valence-corrected chi connectivity index (χ4v) is 2.93. The Morgan fingerprint density at radius 2 is 1.72 bits per heavy atom. The summed E-state index contributed by atoms with van der Waals surface area (Å²) in [5.74, 6) is 0.297. The molecule has 0 aliphatic carbocycles. The van der Waals surface area contributed by atoms with Crippen molar-refractivity contribution in [3.63, 3.8) is 0 Å². The predicted molar refractivity (Wildman–Crippen MR) is 110 cm³/mol. The first-order chi connectivity index (χ1) is 14.0. The molecular weight excluding hydrogens is 392 g/mol. The van der Waals surface area contributed by atoms with E-state index in [1.54, 1.807) is 30.3 Å². The van der Waals surface area contributed by atoms with Crippen LogP contribution in [0.1, 0.15) is 15.9 Å². The van der Waals surface area contributed by atoms with Gasteiger partial charge in [-0.25, -0.2) is 4.79 Å². The molecule has 0 saturated heterocycles. The van der Waals surface area contributed by atoms with E-state index in [9.17, 15) is 9.59 Å². The van der Waals surface area contributed by atoms with Crippen LogP contribution in [-0.2, 0) is 0 Å². The van der Waals surface area contributed by atoms with Gasteiger partial charge in [0.1, 0.15) is 23.3 Å². The quantitative estimate of drug-likeness (QED) is 0.318. The molecule has 144 valence electrons. The summed E-state index contributed by atoms with van der Waals surface area (Å²) in [5, 5.41) is 0.752. The van der Waals surface area contributed by atoms with Crippen molar-refractivity contribution in [2.24, 2.45) is 0 Å². The molecule has 3 aromatic carbocycles. The van der Waals surface area contributed by atoms with Gasteiger partial charge in [0.2, 0.25) is 11.2 Å². The molecule has 0 radical (unpaired) electrons. The van der Waals surface area contributed by atoms with Gasteiger partial charge in [-0.2, -0.15) is 0 Å². The Kier molecular flexibility index (Phi) is 5.06. The van der Waals surface area contributed by atoms with Crippen LogP contribution in [0.25, 0.3) is 11.0 Å². The SMILES string of the molecule is Cc1ccc(Oc2coc3cc(OC(=O)c4cccc(Cl)c4)ccc3c2=O)cc1. The van der Waals surface area contributed by atoms with Gasteiger partial charge < -0.3 is 13.9 Å². The minimum absolute atomic E-state index is 0.0741. The lowest BCUT2D eigenvalue weighted by Gasteiger charge is -2.08. The first-order valence-corrected chi connectivity index (χ1v) is 9.15. The van der Waals surface area contributed by atoms with E-state index in [-0.39, 0.29) is 22.5 Å². The van der Waals surface area contributed by atoms with Gasteiger partial charge >= 0.3 is 5.97 Å². The van der Waals surface area contributed by atoms with E-state index < -0.39 is 5.97 Å². The lowest BCUT2D eigenvalue weighted by molar-refractivity contribution is 0.0735. The van der Waals surface area contributed by atoms with Gasteiger partial charge in [-0.3, -0.25) is 4.79 Å². The monoisotopic (exact) mass is 406 g/mol. The molecule has 0 bridgehead atoms. The summed E-state index contributed by atoms with van der Waals surface area (Å²) in [6.45, 7) is 1.96. The molecule has 5 nitrogen and oxygen atoms in total. The summed E-state index contributed by atoms with van der Waals surface area (Å²) in [7, 11) is 0. The molecule has 0 amide bonds. The van der Waals surface area contributed by atoms with Crippen molar-refractivity contribution in [3.05, 3.63) is 99.4 Å². The Labute approximate surface area is 171 Å². The lowest BCUT2D eigenvalue weighted by Crippen LogP contribution is -2.09. The van der Waals surface area contributed by atoms with Crippen molar-refractivity contribution in [1.82, 2.24) is 0 Å². The molecule has 6 heteroatoms. The van der Waals surface area contributed by atoms with Crippen LogP contribution in [-0.4, -0.2) is 5.97 Å². The second-order valence-electron chi connectivity index (χ2n) is 6.40. The Balaban J connectivity index is 1.59. The highest BCUT2D eigenvalue weighted by atomic mass is 35.5. The van der Waals surface area contributed by atoms with Crippen molar-refractivity contribution in [3.8, 4) is 17.2 Å². The molecule has 4 aromatic rings. The van der Waals surface area contributed by atoms with E-state index in [1.807, 2.05) is 19.1 Å². The number of benzene rings is 3. The largest absolute Gasteiger partial charge is 0.460 e. The maximum Gasteiger partial charge on any atom is 0.343 e. The van der Waals surface area contributed by atoms with Crippen molar-refractivity contribution in [2.45, 2.75) is 6.92 Å². The lowest BCUT2D eigenvalue weighted by atomic mass is 10.2. The number of rotatable bonds is 4. The number of hydrogen-bond acceptors (Lipinski definition) is 5. The predicted octanol–water partition coefficient (Wildman–Crippen LogP) is 5.77. The van der Waals surface area contributed by atoms with Crippen molar-refractivity contribution < 1.29 is 18.7 Å². The van der Waals surface area contributed by atoms with E-state index in [0.29, 0.717) is 21.7 Å². The van der Waals surface area contributed by atoms with Crippen molar-refractivity contribution >= 4 is 28.5 Å². The second kappa shape index (κ2) is 7.81. The third kappa shape index (κ3) is 4.15. The number of carbonyl (C=O) groups is 1. The zero-order valence-electron chi connectivity index (χ0n) is 15.3. The molecule has 0 N–H and O–H groups in total. The van der Waals surface area contributed by atoms with Gasteiger partial charge in [-0.05, 0) is 49.4 Å². The minimum Gasteiger partial charge on any atom is -0.460 e. The smallest absolute Gasteiger partial charge is 0.343 e. The number of ether oxygens (including phenoxy) is 2. The maximum atomic E-state index is 12.7. The maximum absolute atomic E-state index is 12.7. The fourth-order valence-electron chi connectivity index (χ4n) is 2.74. The van der Waals surface area contributed by atoms with Gasteiger partial charge in [0.25, 0.3) is 0 Å². The first-order valence-electron chi connectivity index (χ1n) is 8.77. The standard InChI is InChI=1S/C23H15ClO5/c1-14-5-7-17(8-6-14)28-21-13-27-20-12-18(9-10-19(20)22(21)25)29-23(26)15-3-2-4-16(24)11-15/h2-13H,1H3. The zero-order chi connectivity index (χ0) is 20.4. The van der Waals surface area contributed by atoms with E-state index in [0.717, 1.165) is 5.56 Å². The normalized spacial score (nSPS) is 10.7. The number of hydrogen-bond donors (Lipinski definition) is 0. The Morgan fingerprint density at radius 1 is 0.966 bits per heavy atom. The van der Waals surface area contributed by atoms with Crippen LogP contribution in [0.2, 0.25) is 5.02 Å². The Hall–Kier alpha value is -3.57. The van der Waals surface area contributed by atoms with Crippen LogP contribution in [0.5, 0.6) is 17.2 Å². The summed E-state index contributed by atoms with van der Waals surface area (Å²) in [6, 6.07) is 18.3. The third-order valence-corrected chi connectivity index (χ3v) is 4.47. The van der Waals surface area contributed by atoms with Crippen LogP contribution in [0.15, 0.2) is 82.2 Å². The second-order valence-corrected chi connectivity index (χ2v) is 6.84. The molecule has 0 unspecified atom stereocenters. The molecule has 0 fully saturated rings. The number of carbonyl (C=O) groups excluding carboxylic acids is 1. The molecule has 1 aromatic heterocycles. The minimum atomic E-state index is -0.562. The number of aryl methyl sites for hydroxylation is 1. The van der Waals surface area contributed by atoms with Gasteiger partial charge in [-0.1, -0.05) is 35.4 Å². The highest BCUT2D eigenvalue weighted by Crippen LogP contribution is 2.25. The van der Waals surface area contributed by atoms with E-state index in [2.05, 4.69) is 0 Å². The van der Waals surface area contributed by atoms with Crippen molar-refractivity contribution in [2.75, 3.05) is 0 Å². The Bertz CT molecular complexity index is 1260. The van der Waals surface area contributed by atoms with Crippen LogP contribution in [0, 0.1) is 6.92 Å². The fraction of sp³-hybridized carbons (Fsp3) is 0.0435. The van der Waals surface area contributed by atoms with E-state index in [4.69, 9.17) is 25.5 Å². The Morgan fingerprint density at radius 3 is 2.48 bits per heavy atom. The highest BCUT2D eigenvalue weighted by Gasteiger charge is 2.13. The molecule has 0 saturated carbocycles. The van der Waals surface area contributed by atoms with Crippen LogP contribution in [0.4, 0.5) is 0 Å².